The first kappa shape index (κ1) is 28.2. The van der Waals surface area contributed by atoms with Crippen molar-refractivity contribution in [2.75, 3.05) is 6.61 Å². The second-order valence-corrected chi connectivity index (χ2v) is 11.7. The Morgan fingerprint density at radius 3 is 2.14 bits per heavy atom. The zero-order chi connectivity index (χ0) is 25.2. The van der Waals surface area contributed by atoms with Gasteiger partial charge >= 0.3 is 0 Å². The number of benzene rings is 1. The van der Waals surface area contributed by atoms with E-state index in [1.165, 1.54) is 64.2 Å². The molecule has 0 N–H and O–H groups in total. The Kier molecular flexibility index (Phi) is 11.6. The van der Waals surface area contributed by atoms with E-state index in [0.717, 1.165) is 49.4 Å². The maximum atomic E-state index is 14.8. The van der Waals surface area contributed by atoms with Crippen molar-refractivity contribution in [3.8, 4) is 5.75 Å². The minimum Gasteiger partial charge on any atom is -0.491 e. The molecule has 0 spiro atoms. The molecule has 1 nitrogen and oxygen atoms in total. The zero-order valence-corrected chi connectivity index (χ0v) is 22.7. The fourth-order valence-electron chi connectivity index (χ4n) is 6.88. The highest BCUT2D eigenvalue weighted by Gasteiger charge is 2.30. The molecule has 198 valence electrons. The first-order valence-corrected chi connectivity index (χ1v) is 14.7. The van der Waals surface area contributed by atoms with E-state index in [1.54, 1.807) is 19.1 Å². The van der Waals surface area contributed by atoms with Crippen LogP contribution in [-0.4, -0.2) is 6.61 Å². The third-order valence-electron chi connectivity index (χ3n) is 9.24. The van der Waals surface area contributed by atoms with Crippen molar-refractivity contribution in [1.82, 2.24) is 0 Å². The molecule has 2 unspecified atom stereocenters. The van der Waals surface area contributed by atoms with E-state index in [4.69, 9.17) is 4.74 Å². The summed E-state index contributed by atoms with van der Waals surface area (Å²) in [7, 11) is 0. The van der Waals surface area contributed by atoms with Gasteiger partial charge in [0, 0.05) is 0 Å². The summed E-state index contributed by atoms with van der Waals surface area (Å²) in [4.78, 5) is 0. The van der Waals surface area contributed by atoms with Crippen molar-refractivity contribution in [3.63, 3.8) is 0 Å². The van der Waals surface area contributed by atoms with Crippen LogP contribution in [0.2, 0.25) is 0 Å². The predicted octanol–water partition coefficient (Wildman–Crippen LogP) is 10.2. The summed E-state index contributed by atoms with van der Waals surface area (Å²) >= 11 is 0. The van der Waals surface area contributed by atoms with Crippen LogP contribution in [0.5, 0.6) is 5.75 Å². The molecule has 3 heteroatoms. The number of rotatable bonds is 13. The van der Waals surface area contributed by atoms with Crippen LogP contribution in [0.1, 0.15) is 122 Å². The number of hydrogen-bond donors (Lipinski definition) is 0. The molecule has 1 aromatic rings. The van der Waals surface area contributed by atoms with Crippen LogP contribution < -0.4 is 4.74 Å². The molecule has 3 rings (SSSR count). The third kappa shape index (κ3) is 8.05. The molecule has 0 bridgehead atoms. The van der Waals surface area contributed by atoms with Crippen molar-refractivity contribution >= 4 is 0 Å². The lowest BCUT2D eigenvalue weighted by Crippen LogP contribution is -2.25. The van der Waals surface area contributed by atoms with Crippen molar-refractivity contribution < 1.29 is 13.5 Å². The number of allylic oxidation sites excluding steroid dienone is 1. The second-order valence-electron chi connectivity index (χ2n) is 11.7. The average molecular weight is 489 g/mol. The SMILES string of the molecule is C=CC1CCC(C2CCC(CCC(C)CCC(CCC)c3ccc(OCC)c(F)c3F)CC2)CC1. The van der Waals surface area contributed by atoms with Crippen LogP contribution in [0.15, 0.2) is 24.8 Å². The van der Waals surface area contributed by atoms with Gasteiger partial charge in [-0.25, -0.2) is 4.39 Å². The van der Waals surface area contributed by atoms with Gasteiger partial charge in [-0.1, -0.05) is 64.5 Å². The van der Waals surface area contributed by atoms with Crippen LogP contribution in [0.4, 0.5) is 8.78 Å². The molecule has 2 saturated carbocycles. The Hall–Kier alpha value is -1.38. The highest BCUT2D eigenvalue weighted by atomic mass is 19.2. The average Bonchev–Trinajstić information content (AvgIpc) is 2.89. The fourth-order valence-corrected chi connectivity index (χ4v) is 6.88. The minimum atomic E-state index is -0.831. The van der Waals surface area contributed by atoms with Gasteiger partial charge in [0.05, 0.1) is 6.61 Å². The summed E-state index contributed by atoms with van der Waals surface area (Å²) in [5, 5.41) is 0. The van der Waals surface area contributed by atoms with Crippen LogP contribution in [0.25, 0.3) is 0 Å². The molecule has 2 aliphatic rings. The lowest BCUT2D eigenvalue weighted by atomic mass is 9.68. The van der Waals surface area contributed by atoms with E-state index < -0.39 is 11.6 Å². The monoisotopic (exact) mass is 488 g/mol. The quantitative estimate of drug-likeness (QED) is 0.251. The third-order valence-corrected chi connectivity index (χ3v) is 9.24. The van der Waals surface area contributed by atoms with Crippen molar-refractivity contribution in [1.29, 1.82) is 0 Å². The largest absolute Gasteiger partial charge is 0.491 e. The summed E-state index contributed by atoms with van der Waals surface area (Å²) in [5.41, 5.74) is 0.528. The number of hydrogen-bond acceptors (Lipinski definition) is 1. The Labute approximate surface area is 214 Å². The van der Waals surface area contributed by atoms with Crippen LogP contribution in [0, 0.1) is 41.2 Å². The van der Waals surface area contributed by atoms with E-state index >= 15 is 0 Å². The molecule has 0 aliphatic heterocycles. The van der Waals surface area contributed by atoms with Gasteiger partial charge < -0.3 is 4.74 Å². The normalized spacial score (nSPS) is 26.8. The molecule has 0 heterocycles. The van der Waals surface area contributed by atoms with Crippen LogP contribution in [0.3, 0.4) is 0 Å². The van der Waals surface area contributed by atoms with E-state index in [1.807, 2.05) is 0 Å². The van der Waals surface area contributed by atoms with E-state index in [2.05, 4.69) is 26.5 Å². The lowest BCUT2D eigenvalue weighted by Gasteiger charge is -2.37. The van der Waals surface area contributed by atoms with Gasteiger partial charge in [0.1, 0.15) is 0 Å². The molecule has 0 aromatic heterocycles. The van der Waals surface area contributed by atoms with Gasteiger partial charge in [-0.15, -0.1) is 6.58 Å². The second kappa shape index (κ2) is 14.4. The molecule has 0 amide bonds. The molecule has 35 heavy (non-hydrogen) atoms. The molecular formula is C32H50F2O. The summed E-state index contributed by atoms with van der Waals surface area (Å²) in [6.45, 7) is 10.6. The number of halogens is 2. The maximum absolute atomic E-state index is 14.8. The molecule has 0 saturated heterocycles. The first-order chi connectivity index (χ1) is 17.0. The fraction of sp³-hybridized carbons (Fsp3) is 0.750. The zero-order valence-electron chi connectivity index (χ0n) is 22.7. The summed E-state index contributed by atoms with van der Waals surface area (Å²) in [5.74, 6) is 2.80. The topological polar surface area (TPSA) is 9.23 Å². The Balaban J connectivity index is 1.41. The summed E-state index contributed by atoms with van der Waals surface area (Å²) < 4.78 is 34.5. The molecule has 1 aromatic carbocycles. The van der Waals surface area contributed by atoms with Crippen LogP contribution in [-0.2, 0) is 0 Å². The molecular weight excluding hydrogens is 438 g/mol. The summed E-state index contributed by atoms with van der Waals surface area (Å²) in [6, 6.07) is 3.35. The maximum Gasteiger partial charge on any atom is 0.200 e. The summed E-state index contributed by atoms with van der Waals surface area (Å²) in [6.07, 6.45) is 19.9. The van der Waals surface area contributed by atoms with Gasteiger partial charge in [-0.05, 0) is 105 Å². The molecule has 2 atom stereocenters. The van der Waals surface area contributed by atoms with Gasteiger partial charge in [-0.2, -0.15) is 4.39 Å². The standard InChI is InChI=1S/C32H50F2O/c1-5-8-28(29-21-22-30(35-7-3)32(34)31(29)33)16-10-23(4)9-11-25-14-19-27(20-15-25)26-17-12-24(6-2)13-18-26/h6,21-28H,2,5,7-20H2,1,3-4H3. The highest BCUT2D eigenvalue weighted by molar-refractivity contribution is 5.33. The van der Waals surface area contributed by atoms with Crippen molar-refractivity contribution in [2.45, 2.75) is 117 Å². The number of ether oxygens (including phenoxy) is 1. The first-order valence-electron chi connectivity index (χ1n) is 14.7. The van der Waals surface area contributed by atoms with Crippen LogP contribution >= 0.6 is 0 Å². The van der Waals surface area contributed by atoms with Gasteiger partial charge in [0.25, 0.3) is 0 Å². The molecule has 2 aliphatic carbocycles. The van der Waals surface area contributed by atoms with Gasteiger partial charge in [0.2, 0.25) is 5.82 Å². The van der Waals surface area contributed by atoms with Crippen molar-refractivity contribution in [3.05, 3.63) is 42.0 Å². The Morgan fingerprint density at radius 1 is 0.886 bits per heavy atom. The molecule has 2 fully saturated rings. The van der Waals surface area contributed by atoms with E-state index in [9.17, 15) is 8.78 Å². The minimum absolute atomic E-state index is 0.0246. The van der Waals surface area contributed by atoms with E-state index in [0.29, 0.717) is 18.1 Å². The Morgan fingerprint density at radius 2 is 1.54 bits per heavy atom. The van der Waals surface area contributed by atoms with Gasteiger partial charge in [-0.3, -0.25) is 0 Å². The van der Waals surface area contributed by atoms with E-state index in [-0.39, 0.29) is 11.7 Å². The van der Waals surface area contributed by atoms with Crippen molar-refractivity contribution in [2.24, 2.45) is 29.6 Å². The lowest BCUT2D eigenvalue weighted by molar-refractivity contribution is 0.149. The molecule has 0 radical (unpaired) electrons. The highest BCUT2D eigenvalue weighted by Crippen LogP contribution is 2.43. The Bertz CT molecular complexity index is 759. The smallest absolute Gasteiger partial charge is 0.200 e. The van der Waals surface area contributed by atoms with Gasteiger partial charge in [0.15, 0.2) is 11.6 Å². The predicted molar refractivity (Wildman–Crippen MR) is 144 cm³/mol.